The number of aromatic nitrogens is 1. The van der Waals surface area contributed by atoms with Crippen LogP contribution in [0.2, 0.25) is 0 Å². The number of hydrogen-bond donors (Lipinski definition) is 0. The number of carbonyl (C=O) groups excluding carboxylic acids is 1. The van der Waals surface area contributed by atoms with Crippen molar-refractivity contribution in [3.63, 3.8) is 0 Å². The SMILES string of the molecule is CCOOC(=O)CCc1ccc(OCCc2nc(-c3ccco3)oc2C)cc1. The smallest absolute Gasteiger partial charge is 0.342 e. The van der Waals surface area contributed by atoms with Gasteiger partial charge in [-0.15, -0.1) is 0 Å². The van der Waals surface area contributed by atoms with Gasteiger partial charge in [-0.05, 0) is 50.1 Å². The Labute approximate surface area is 163 Å². The molecule has 0 N–H and O–H groups in total. The maximum absolute atomic E-state index is 11.4. The third-order valence-corrected chi connectivity index (χ3v) is 4.04. The maximum Gasteiger partial charge on any atom is 0.342 e. The molecule has 0 radical (unpaired) electrons. The molecule has 7 nitrogen and oxygen atoms in total. The molecule has 0 unspecified atom stereocenters. The Bertz CT molecular complexity index is 867. The van der Waals surface area contributed by atoms with E-state index in [9.17, 15) is 4.79 Å². The molecule has 0 saturated heterocycles. The van der Waals surface area contributed by atoms with E-state index in [-0.39, 0.29) is 12.4 Å². The highest BCUT2D eigenvalue weighted by atomic mass is 17.2. The highest BCUT2D eigenvalue weighted by Crippen LogP contribution is 2.22. The number of nitrogens with zero attached hydrogens (tertiary/aromatic N) is 1. The lowest BCUT2D eigenvalue weighted by atomic mass is 10.1. The molecule has 0 fully saturated rings. The topological polar surface area (TPSA) is 83.9 Å². The number of benzene rings is 1. The molecule has 1 aromatic carbocycles. The molecule has 0 aliphatic heterocycles. The molecule has 148 valence electrons. The van der Waals surface area contributed by atoms with Crippen LogP contribution < -0.4 is 4.74 Å². The number of carbonyl (C=O) groups is 1. The lowest BCUT2D eigenvalue weighted by Crippen LogP contribution is -2.06. The van der Waals surface area contributed by atoms with Gasteiger partial charge >= 0.3 is 5.97 Å². The van der Waals surface area contributed by atoms with Gasteiger partial charge in [-0.25, -0.2) is 9.78 Å². The Morgan fingerprint density at radius 3 is 2.68 bits per heavy atom. The van der Waals surface area contributed by atoms with Gasteiger partial charge < -0.3 is 13.6 Å². The minimum atomic E-state index is -0.376. The highest BCUT2D eigenvalue weighted by Gasteiger charge is 2.13. The number of hydrogen-bond acceptors (Lipinski definition) is 7. The van der Waals surface area contributed by atoms with Crippen molar-refractivity contribution in [2.75, 3.05) is 13.2 Å². The monoisotopic (exact) mass is 385 g/mol. The quantitative estimate of drug-likeness (QED) is 0.380. The Morgan fingerprint density at radius 2 is 1.96 bits per heavy atom. The summed E-state index contributed by atoms with van der Waals surface area (Å²) in [5.74, 6) is 2.22. The van der Waals surface area contributed by atoms with E-state index < -0.39 is 0 Å². The lowest BCUT2D eigenvalue weighted by molar-refractivity contribution is -0.269. The minimum absolute atomic E-state index is 0.268. The van der Waals surface area contributed by atoms with E-state index in [0.717, 1.165) is 22.8 Å². The average Bonchev–Trinajstić information content (AvgIpc) is 3.36. The predicted molar refractivity (Wildman–Crippen MR) is 101 cm³/mol. The number of furan rings is 1. The third kappa shape index (κ3) is 5.47. The lowest BCUT2D eigenvalue weighted by Gasteiger charge is -2.07. The predicted octanol–water partition coefficient (Wildman–Crippen LogP) is 4.29. The van der Waals surface area contributed by atoms with Gasteiger partial charge in [0, 0.05) is 6.42 Å². The fourth-order valence-electron chi connectivity index (χ4n) is 2.60. The fourth-order valence-corrected chi connectivity index (χ4v) is 2.60. The second kappa shape index (κ2) is 9.75. The van der Waals surface area contributed by atoms with Gasteiger partial charge in [-0.2, -0.15) is 4.89 Å². The summed E-state index contributed by atoms with van der Waals surface area (Å²) >= 11 is 0. The van der Waals surface area contributed by atoms with Crippen LogP contribution in [-0.2, 0) is 27.4 Å². The van der Waals surface area contributed by atoms with Crippen LogP contribution in [0.4, 0.5) is 0 Å². The Balaban J connectivity index is 1.45. The zero-order valence-corrected chi connectivity index (χ0v) is 16.0. The van der Waals surface area contributed by atoms with E-state index in [1.54, 1.807) is 19.3 Å². The van der Waals surface area contributed by atoms with Crippen LogP contribution in [0.5, 0.6) is 5.75 Å². The summed E-state index contributed by atoms with van der Waals surface area (Å²) in [4.78, 5) is 25.1. The number of oxazole rings is 1. The number of rotatable bonds is 10. The summed E-state index contributed by atoms with van der Waals surface area (Å²) in [6.45, 7) is 4.45. The zero-order valence-electron chi connectivity index (χ0n) is 16.0. The largest absolute Gasteiger partial charge is 0.493 e. The summed E-state index contributed by atoms with van der Waals surface area (Å²) in [6.07, 6.45) is 3.06. The first kappa shape index (κ1) is 19.7. The van der Waals surface area contributed by atoms with E-state index in [1.165, 1.54) is 0 Å². The van der Waals surface area contributed by atoms with Crippen molar-refractivity contribution in [1.29, 1.82) is 0 Å². The highest BCUT2D eigenvalue weighted by molar-refractivity contribution is 5.69. The maximum atomic E-state index is 11.4. The van der Waals surface area contributed by atoms with E-state index >= 15 is 0 Å². The molecule has 28 heavy (non-hydrogen) atoms. The number of ether oxygens (including phenoxy) is 1. The molecular formula is C21H23NO6. The van der Waals surface area contributed by atoms with Crippen molar-refractivity contribution < 1.29 is 28.1 Å². The van der Waals surface area contributed by atoms with Crippen molar-refractivity contribution in [2.45, 2.75) is 33.1 Å². The summed E-state index contributed by atoms with van der Waals surface area (Å²) in [5.41, 5.74) is 1.87. The van der Waals surface area contributed by atoms with E-state index in [4.69, 9.17) is 13.6 Å². The zero-order chi connectivity index (χ0) is 19.8. The van der Waals surface area contributed by atoms with Gasteiger partial charge in [0.1, 0.15) is 11.5 Å². The molecule has 0 aliphatic carbocycles. The fraction of sp³-hybridized carbons (Fsp3) is 0.333. The van der Waals surface area contributed by atoms with Crippen LogP contribution in [0.1, 0.15) is 30.4 Å². The second-order valence-electron chi connectivity index (χ2n) is 6.10. The van der Waals surface area contributed by atoms with Crippen LogP contribution in [0.3, 0.4) is 0 Å². The van der Waals surface area contributed by atoms with Gasteiger partial charge in [0.05, 0.1) is 31.6 Å². The van der Waals surface area contributed by atoms with Crippen molar-refractivity contribution in [3.8, 4) is 17.4 Å². The molecule has 0 atom stereocenters. The molecule has 0 aliphatic rings. The summed E-state index contributed by atoms with van der Waals surface area (Å²) < 4.78 is 16.7. The van der Waals surface area contributed by atoms with Crippen LogP contribution in [0, 0.1) is 6.92 Å². The summed E-state index contributed by atoms with van der Waals surface area (Å²) in [6, 6.07) is 11.2. The van der Waals surface area contributed by atoms with E-state index in [0.29, 0.717) is 37.7 Å². The van der Waals surface area contributed by atoms with E-state index in [2.05, 4.69) is 14.8 Å². The first-order chi connectivity index (χ1) is 13.7. The van der Waals surface area contributed by atoms with Gasteiger partial charge in [-0.3, -0.25) is 4.89 Å². The van der Waals surface area contributed by atoms with Crippen LogP contribution in [0.15, 0.2) is 51.5 Å². The van der Waals surface area contributed by atoms with Crippen molar-refractivity contribution >= 4 is 5.97 Å². The normalized spacial score (nSPS) is 10.8. The third-order valence-electron chi connectivity index (χ3n) is 4.04. The first-order valence-electron chi connectivity index (χ1n) is 9.20. The minimum Gasteiger partial charge on any atom is -0.493 e. The van der Waals surface area contributed by atoms with Gasteiger partial charge in [-0.1, -0.05) is 12.1 Å². The number of aryl methyl sites for hydroxylation is 2. The molecule has 0 saturated carbocycles. The molecule has 0 bridgehead atoms. The summed E-state index contributed by atoms with van der Waals surface area (Å²) in [5, 5.41) is 0. The molecule has 3 rings (SSSR count). The standard InChI is InChI=1S/C21H23NO6/c1-3-26-28-20(23)11-8-16-6-9-17(10-7-16)24-14-12-18-15(2)27-21(22-18)19-5-4-13-25-19/h4-7,9-10,13H,3,8,11-12,14H2,1-2H3. The molecule has 0 amide bonds. The van der Waals surface area contributed by atoms with Crippen molar-refractivity contribution in [3.05, 3.63) is 59.7 Å². The van der Waals surface area contributed by atoms with Gasteiger partial charge in [0.15, 0.2) is 5.76 Å². The molecule has 3 aromatic rings. The van der Waals surface area contributed by atoms with E-state index in [1.807, 2.05) is 37.3 Å². The van der Waals surface area contributed by atoms with Crippen LogP contribution >= 0.6 is 0 Å². The molecule has 2 aromatic heterocycles. The molecule has 7 heteroatoms. The Morgan fingerprint density at radius 1 is 1.14 bits per heavy atom. The molecule has 2 heterocycles. The van der Waals surface area contributed by atoms with Gasteiger partial charge in [0.25, 0.3) is 5.89 Å². The average molecular weight is 385 g/mol. The molecular weight excluding hydrogens is 362 g/mol. The molecule has 0 spiro atoms. The Kier molecular flexibility index (Phi) is 6.86. The summed E-state index contributed by atoms with van der Waals surface area (Å²) in [7, 11) is 0. The van der Waals surface area contributed by atoms with Crippen LogP contribution in [-0.4, -0.2) is 24.2 Å². The first-order valence-corrected chi connectivity index (χ1v) is 9.20. The second-order valence-corrected chi connectivity index (χ2v) is 6.10. The van der Waals surface area contributed by atoms with Gasteiger partial charge in [0.2, 0.25) is 0 Å². The van der Waals surface area contributed by atoms with Crippen molar-refractivity contribution in [2.24, 2.45) is 0 Å². The van der Waals surface area contributed by atoms with Crippen LogP contribution in [0.25, 0.3) is 11.7 Å². The van der Waals surface area contributed by atoms with Crippen molar-refractivity contribution in [1.82, 2.24) is 4.98 Å². The Hall–Kier alpha value is -3.06.